The van der Waals surface area contributed by atoms with E-state index in [1.807, 2.05) is 31.2 Å². The number of aryl methyl sites for hydroxylation is 1. The molecule has 6 nitrogen and oxygen atoms in total. The van der Waals surface area contributed by atoms with Gasteiger partial charge in [-0.25, -0.2) is 4.79 Å². The molecule has 0 spiro atoms. The van der Waals surface area contributed by atoms with Gasteiger partial charge in [0.25, 0.3) is 0 Å². The van der Waals surface area contributed by atoms with Gasteiger partial charge in [0.1, 0.15) is 0 Å². The molecule has 0 aliphatic heterocycles. The highest BCUT2D eigenvalue weighted by Crippen LogP contribution is 2.24. The number of carbonyl (C=O) groups is 2. The number of ether oxygens (including phenoxy) is 1. The summed E-state index contributed by atoms with van der Waals surface area (Å²) < 4.78 is 5.42. The van der Waals surface area contributed by atoms with Crippen molar-refractivity contribution in [2.45, 2.75) is 20.0 Å². The lowest BCUT2D eigenvalue weighted by Gasteiger charge is -2.13. The van der Waals surface area contributed by atoms with Gasteiger partial charge in [-0.1, -0.05) is 18.2 Å². The summed E-state index contributed by atoms with van der Waals surface area (Å²) in [7, 11) is 0. The van der Waals surface area contributed by atoms with Crippen molar-refractivity contribution in [1.29, 1.82) is 0 Å². The number of ketones is 1. The highest BCUT2D eigenvalue weighted by atomic mass is 16.5. The molecule has 0 amide bonds. The van der Waals surface area contributed by atoms with Gasteiger partial charge < -0.3 is 9.72 Å². The third kappa shape index (κ3) is 3.06. The lowest BCUT2D eigenvalue weighted by molar-refractivity contribution is 0.0319. The van der Waals surface area contributed by atoms with Crippen LogP contribution < -0.4 is 0 Å². The highest BCUT2D eigenvalue weighted by molar-refractivity contribution is 6.11. The molecule has 0 radical (unpaired) electrons. The van der Waals surface area contributed by atoms with Crippen LogP contribution in [0.3, 0.4) is 0 Å². The number of esters is 1. The Bertz CT molecular complexity index is 1180. The molecule has 0 aliphatic carbocycles. The van der Waals surface area contributed by atoms with Crippen LogP contribution in [0.5, 0.6) is 0 Å². The van der Waals surface area contributed by atoms with E-state index in [0.29, 0.717) is 22.2 Å². The molecular formula is C21H17N3O3. The van der Waals surface area contributed by atoms with Gasteiger partial charge in [0.05, 0.1) is 16.6 Å². The van der Waals surface area contributed by atoms with E-state index >= 15 is 0 Å². The van der Waals surface area contributed by atoms with E-state index in [2.05, 4.69) is 15.0 Å². The molecule has 0 bridgehead atoms. The zero-order valence-electron chi connectivity index (χ0n) is 14.9. The minimum absolute atomic E-state index is 0.237. The van der Waals surface area contributed by atoms with E-state index < -0.39 is 12.1 Å². The Morgan fingerprint density at radius 3 is 2.59 bits per heavy atom. The Labute approximate surface area is 155 Å². The van der Waals surface area contributed by atoms with Crippen LogP contribution in [0.25, 0.3) is 21.9 Å². The van der Waals surface area contributed by atoms with Gasteiger partial charge in [-0.15, -0.1) is 0 Å². The van der Waals surface area contributed by atoms with Crippen molar-refractivity contribution in [3.8, 4) is 0 Å². The summed E-state index contributed by atoms with van der Waals surface area (Å²) >= 11 is 0. The number of Topliss-reactive ketones (excluding diaryl/α,β-unsaturated/α-hetero) is 1. The standard InChI is InChI=1S/C21H17N3O3/c1-12-19(15-5-3-4-6-16(15)24-12)20(25)13(2)27-21(26)14-7-8-17-18(11-14)23-10-9-22-17/h3-11,13,24H,1-2H3/t13-/m0/s1. The second kappa shape index (κ2) is 6.64. The number of aromatic amines is 1. The van der Waals surface area contributed by atoms with Crippen molar-refractivity contribution < 1.29 is 14.3 Å². The smallest absolute Gasteiger partial charge is 0.338 e. The Morgan fingerprint density at radius 1 is 1.04 bits per heavy atom. The first kappa shape index (κ1) is 16.9. The minimum Gasteiger partial charge on any atom is -0.451 e. The number of carbonyl (C=O) groups excluding carboxylic acids is 2. The molecule has 1 N–H and O–H groups in total. The summed E-state index contributed by atoms with van der Waals surface area (Å²) in [4.78, 5) is 36.9. The summed E-state index contributed by atoms with van der Waals surface area (Å²) in [6.45, 7) is 3.42. The van der Waals surface area contributed by atoms with Gasteiger partial charge in [0, 0.05) is 34.6 Å². The largest absolute Gasteiger partial charge is 0.451 e. The number of hydrogen-bond donors (Lipinski definition) is 1. The molecule has 2 aromatic carbocycles. The van der Waals surface area contributed by atoms with E-state index in [1.165, 1.54) is 0 Å². The predicted molar refractivity (Wildman–Crippen MR) is 102 cm³/mol. The average Bonchev–Trinajstić information content (AvgIpc) is 3.02. The zero-order chi connectivity index (χ0) is 19.0. The number of fused-ring (bicyclic) bond motifs is 2. The summed E-state index contributed by atoms with van der Waals surface area (Å²) in [6.07, 6.45) is 2.24. The summed E-state index contributed by atoms with van der Waals surface area (Å²) in [6, 6.07) is 12.5. The number of H-pyrrole nitrogens is 1. The number of rotatable bonds is 4. The second-order valence-electron chi connectivity index (χ2n) is 6.34. The fourth-order valence-corrected chi connectivity index (χ4v) is 3.17. The lowest BCUT2D eigenvalue weighted by Crippen LogP contribution is -2.25. The van der Waals surface area contributed by atoms with E-state index in [-0.39, 0.29) is 5.78 Å². The minimum atomic E-state index is -0.909. The molecule has 4 rings (SSSR count). The van der Waals surface area contributed by atoms with Crippen LogP contribution in [0.15, 0.2) is 54.9 Å². The van der Waals surface area contributed by atoms with Gasteiger partial charge >= 0.3 is 5.97 Å². The number of hydrogen-bond acceptors (Lipinski definition) is 5. The topological polar surface area (TPSA) is 84.9 Å². The Morgan fingerprint density at radius 2 is 1.78 bits per heavy atom. The van der Waals surface area contributed by atoms with Crippen LogP contribution in [-0.2, 0) is 4.74 Å². The fourth-order valence-electron chi connectivity index (χ4n) is 3.17. The maximum absolute atomic E-state index is 12.9. The molecule has 2 aromatic heterocycles. The third-order valence-electron chi connectivity index (χ3n) is 4.50. The number of aromatic nitrogens is 3. The van der Waals surface area contributed by atoms with Crippen LogP contribution >= 0.6 is 0 Å². The molecule has 2 heterocycles. The molecule has 134 valence electrons. The van der Waals surface area contributed by atoms with E-state index in [1.54, 1.807) is 37.5 Å². The van der Waals surface area contributed by atoms with Gasteiger partial charge in [0.15, 0.2) is 6.10 Å². The number of nitrogens with one attached hydrogen (secondary N) is 1. The maximum atomic E-state index is 12.9. The highest BCUT2D eigenvalue weighted by Gasteiger charge is 2.25. The number of benzene rings is 2. The summed E-state index contributed by atoms with van der Waals surface area (Å²) in [5.74, 6) is -0.806. The molecular weight excluding hydrogens is 342 g/mol. The maximum Gasteiger partial charge on any atom is 0.338 e. The van der Waals surface area contributed by atoms with Gasteiger partial charge in [-0.2, -0.15) is 0 Å². The first-order valence-corrected chi connectivity index (χ1v) is 8.58. The zero-order valence-corrected chi connectivity index (χ0v) is 14.9. The fraction of sp³-hybridized carbons (Fsp3) is 0.143. The SMILES string of the molecule is Cc1[nH]c2ccccc2c1C(=O)[C@H](C)OC(=O)c1ccc2nccnc2c1. The van der Waals surface area contributed by atoms with Crippen molar-refractivity contribution in [3.63, 3.8) is 0 Å². The number of para-hydroxylation sites is 1. The van der Waals surface area contributed by atoms with E-state index in [0.717, 1.165) is 16.6 Å². The van der Waals surface area contributed by atoms with Crippen LogP contribution in [0.1, 0.15) is 33.3 Å². The molecule has 6 heteroatoms. The summed E-state index contributed by atoms with van der Waals surface area (Å²) in [5.41, 5.74) is 3.80. The van der Waals surface area contributed by atoms with Gasteiger partial charge in [0.2, 0.25) is 5.78 Å². The van der Waals surface area contributed by atoms with Crippen molar-refractivity contribution in [1.82, 2.24) is 15.0 Å². The van der Waals surface area contributed by atoms with Crippen molar-refractivity contribution in [3.05, 3.63) is 71.7 Å². The Kier molecular flexibility index (Phi) is 4.16. The number of nitrogens with zero attached hydrogens (tertiary/aromatic N) is 2. The van der Waals surface area contributed by atoms with Crippen molar-refractivity contribution in [2.24, 2.45) is 0 Å². The van der Waals surface area contributed by atoms with E-state index in [9.17, 15) is 9.59 Å². The molecule has 0 saturated heterocycles. The van der Waals surface area contributed by atoms with Gasteiger partial charge in [-0.05, 0) is 38.1 Å². The molecule has 1 atom stereocenters. The molecule has 0 aliphatic rings. The third-order valence-corrected chi connectivity index (χ3v) is 4.50. The van der Waals surface area contributed by atoms with Crippen LogP contribution in [0, 0.1) is 6.92 Å². The normalized spacial score (nSPS) is 12.2. The Hall–Kier alpha value is -3.54. The molecule has 0 saturated carbocycles. The molecule has 0 unspecified atom stereocenters. The van der Waals surface area contributed by atoms with Crippen LogP contribution in [0.2, 0.25) is 0 Å². The first-order chi connectivity index (χ1) is 13.0. The van der Waals surface area contributed by atoms with E-state index in [4.69, 9.17) is 4.74 Å². The monoisotopic (exact) mass is 359 g/mol. The molecule has 0 fully saturated rings. The lowest BCUT2D eigenvalue weighted by atomic mass is 10.0. The Balaban J connectivity index is 1.58. The second-order valence-corrected chi connectivity index (χ2v) is 6.34. The van der Waals surface area contributed by atoms with Crippen LogP contribution in [-0.4, -0.2) is 32.8 Å². The average molecular weight is 359 g/mol. The predicted octanol–water partition coefficient (Wildman–Crippen LogP) is 3.85. The van der Waals surface area contributed by atoms with Gasteiger partial charge in [-0.3, -0.25) is 14.8 Å². The van der Waals surface area contributed by atoms with Crippen LogP contribution in [0.4, 0.5) is 0 Å². The first-order valence-electron chi connectivity index (χ1n) is 8.58. The van der Waals surface area contributed by atoms with Crippen molar-refractivity contribution in [2.75, 3.05) is 0 Å². The molecule has 27 heavy (non-hydrogen) atoms. The summed E-state index contributed by atoms with van der Waals surface area (Å²) in [5, 5.41) is 0.823. The quantitative estimate of drug-likeness (QED) is 0.442. The van der Waals surface area contributed by atoms with Crippen molar-refractivity contribution >= 4 is 33.7 Å². The molecule has 4 aromatic rings.